The first-order valence-electron chi connectivity index (χ1n) is 4.89. The highest BCUT2D eigenvalue weighted by atomic mass is 16.5. The van der Waals surface area contributed by atoms with Crippen LogP contribution in [0.3, 0.4) is 0 Å². The van der Waals surface area contributed by atoms with Gasteiger partial charge in [-0.2, -0.15) is 0 Å². The van der Waals surface area contributed by atoms with Gasteiger partial charge in [0.05, 0.1) is 6.61 Å². The Balaban J connectivity index is 2.43. The molecule has 0 aliphatic carbocycles. The van der Waals surface area contributed by atoms with Gasteiger partial charge in [0.1, 0.15) is 0 Å². The van der Waals surface area contributed by atoms with E-state index in [1.165, 1.54) is 11.1 Å². The molecule has 0 saturated heterocycles. The fourth-order valence-electron chi connectivity index (χ4n) is 1.61. The zero-order valence-electron chi connectivity index (χ0n) is 8.68. The topological polar surface area (TPSA) is 22.1 Å². The van der Waals surface area contributed by atoms with E-state index in [1.807, 2.05) is 24.4 Å². The summed E-state index contributed by atoms with van der Waals surface area (Å²) in [5.41, 5.74) is 3.51. The van der Waals surface area contributed by atoms with Gasteiger partial charge in [-0.05, 0) is 17.2 Å². The van der Waals surface area contributed by atoms with E-state index in [0.29, 0.717) is 6.61 Å². The molecule has 0 aliphatic heterocycles. The molecule has 1 heterocycles. The molecule has 0 unspecified atom stereocenters. The monoisotopic (exact) mass is 199 g/mol. The van der Waals surface area contributed by atoms with Gasteiger partial charge < -0.3 is 4.74 Å². The van der Waals surface area contributed by atoms with Crippen molar-refractivity contribution in [3.8, 4) is 11.1 Å². The molecule has 2 nitrogen and oxygen atoms in total. The SMILES string of the molecule is COCc1ccccc1-c1cccnc1. The Morgan fingerprint density at radius 1 is 1.13 bits per heavy atom. The number of hydrogen-bond donors (Lipinski definition) is 0. The van der Waals surface area contributed by atoms with Gasteiger partial charge in [0.2, 0.25) is 0 Å². The van der Waals surface area contributed by atoms with E-state index in [2.05, 4.69) is 23.2 Å². The number of aromatic nitrogens is 1. The van der Waals surface area contributed by atoms with Gasteiger partial charge in [-0.15, -0.1) is 0 Å². The van der Waals surface area contributed by atoms with Crippen molar-refractivity contribution >= 4 is 0 Å². The lowest BCUT2D eigenvalue weighted by molar-refractivity contribution is 0.185. The number of hydrogen-bond acceptors (Lipinski definition) is 2. The van der Waals surface area contributed by atoms with Gasteiger partial charge in [0.25, 0.3) is 0 Å². The lowest BCUT2D eigenvalue weighted by Crippen LogP contribution is -1.91. The molecule has 76 valence electrons. The number of methoxy groups -OCH3 is 1. The lowest BCUT2D eigenvalue weighted by Gasteiger charge is -2.07. The van der Waals surface area contributed by atoms with E-state index in [0.717, 1.165) is 5.56 Å². The van der Waals surface area contributed by atoms with Crippen LogP contribution in [-0.2, 0) is 11.3 Å². The summed E-state index contributed by atoms with van der Waals surface area (Å²) in [5.74, 6) is 0. The Labute approximate surface area is 89.6 Å². The van der Waals surface area contributed by atoms with Crippen LogP contribution in [0.1, 0.15) is 5.56 Å². The van der Waals surface area contributed by atoms with Crippen LogP contribution in [-0.4, -0.2) is 12.1 Å². The van der Waals surface area contributed by atoms with E-state index >= 15 is 0 Å². The van der Waals surface area contributed by atoms with Crippen molar-refractivity contribution in [2.75, 3.05) is 7.11 Å². The number of nitrogens with zero attached hydrogens (tertiary/aromatic N) is 1. The minimum absolute atomic E-state index is 0.630. The second kappa shape index (κ2) is 4.71. The molecule has 0 N–H and O–H groups in total. The lowest BCUT2D eigenvalue weighted by atomic mass is 10.0. The van der Waals surface area contributed by atoms with E-state index in [-0.39, 0.29) is 0 Å². The minimum Gasteiger partial charge on any atom is -0.380 e. The highest BCUT2D eigenvalue weighted by molar-refractivity contribution is 5.66. The van der Waals surface area contributed by atoms with Gasteiger partial charge in [0, 0.05) is 25.1 Å². The first-order chi connectivity index (χ1) is 7.42. The summed E-state index contributed by atoms with van der Waals surface area (Å²) >= 11 is 0. The molecule has 0 spiro atoms. The fraction of sp³-hybridized carbons (Fsp3) is 0.154. The Hall–Kier alpha value is -1.67. The van der Waals surface area contributed by atoms with Crippen LogP contribution in [0.25, 0.3) is 11.1 Å². The van der Waals surface area contributed by atoms with Gasteiger partial charge in [0.15, 0.2) is 0 Å². The summed E-state index contributed by atoms with van der Waals surface area (Å²) in [6.07, 6.45) is 3.65. The van der Waals surface area contributed by atoms with Crippen molar-refractivity contribution in [2.24, 2.45) is 0 Å². The normalized spacial score (nSPS) is 10.2. The van der Waals surface area contributed by atoms with Crippen LogP contribution < -0.4 is 0 Å². The largest absolute Gasteiger partial charge is 0.380 e. The predicted molar refractivity (Wildman–Crippen MR) is 60.4 cm³/mol. The van der Waals surface area contributed by atoms with E-state index in [4.69, 9.17) is 4.74 Å². The highest BCUT2D eigenvalue weighted by Crippen LogP contribution is 2.22. The van der Waals surface area contributed by atoms with Crippen molar-refractivity contribution in [2.45, 2.75) is 6.61 Å². The summed E-state index contributed by atoms with van der Waals surface area (Å²) in [4.78, 5) is 4.12. The van der Waals surface area contributed by atoms with Crippen LogP contribution >= 0.6 is 0 Å². The van der Waals surface area contributed by atoms with Gasteiger partial charge in [-0.3, -0.25) is 4.98 Å². The van der Waals surface area contributed by atoms with E-state index in [9.17, 15) is 0 Å². The second-order valence-electron chi connectivity index (χ2n) is 3.33. The number of benzene rings is 1. The average molecular weight is 199 g/mol. The number of pyridine rings is 1. The van der Waals surface area contributed by atoms with Gasteiger partial charge in [-0.25, -0.2) is 0 Å². The van der Waals surface area contributed by atoms with Gasteiger partial charge >= 0.3 is 0 Å². The summed E-state index contributed by atoms with van der Waals surface area (Å²) < 4.78 is 5.17. The second-order valence-corrected chi connectivity index (χ2v) is 3.33. The van der Waals surface area contributed by atoms with Crippen molar-refractivity contribution in [1.82, 2.24) is 4.98 Å². The Bertz CT molecular complexity index is 426. The molecule has 0 radical (unpaired) electrons. The summed E-state index contributed by atoms with van der Waals surface area (Å²) in [7, 11) is 1.71. The smallest absolute Gasteiger partial charge is 0.0719 e. The molecule has 2 aromatic rings. The first-order valence-corrected chi connectivity index (χ1v) is 4.89. The predicted octanol–water partition coefficient (Wildman–Crippen LogP) is 2.90. The standard InChI is InChI=1S/C13H13NO/c1-15-10-12-5-2-3-7-13(12)11-6-4-8-14-9-11/h2-9H,10H2,1H3. The molecule has 1 aromatic heterocycles. The maximum atomic E-state index is 5.17. The molecular weight excluding hydrogens is 186 g/mol. The molecular formula is C13H13NO. The molecule has 1 aromatic carbocycles. The fourth-order valence-corrected chi connectivity index (χ4v) is 1.61. The van der Waals surface area contributed by atoms with Crippen molar-refractivity contribution in [3.05, 3.63) is 54.4 Å². The zero-order chi connectivity index (χ0) is 10.5. The summed E-state index contributed by atoms with van der Waals surface area (Å²) in [5, 5.41) is 0. The molecule has 15 heavy (non-hydrogen) atoms. The average Bonchev–Trinajstić information content (AvgIpc) is 2.31. The molecule has 0 aliphatic rings. The van der Waals surface area contributed by atoms with Crippen molar-refractivity contribution in [1.29, 1.82) is 0 Å². The van der Waals surface area contributed by atoms with Crippen LogP contribution in [0.4, 0.5) is 0 Å². The van der Waals surface area contributed by atoms with E-state index in [1.54, 1.807) is 13.3 Å². The first kappa shape index (κ1) is 9.87. The maximum absolute atomic E-state index is 5.17. The van der Waals surface area contributed by atoms with Crippen LogP contribution in [0.2, 0.25) is 0 Å². The Morgan fingerprint density at radius 3 is 2.73 bits per heavy atom. The Kier molecular flexibility index (Phi) is 3.10. The van der Waals surface area contributed by atoms with Gasteiger partial charge in [-0.1, -0.05) is 30.3 Å². The molecule has 0 amide bonds. The Morgan fingerprint density at radius 2 is 2.00 bits per heavy atom. The molecule has 0 saturated carbocycles. The molecule has 0 atom stereocenters. The van der Waals surface area contributed by atoms with Crippen LogP contribution in [0, 0.1) is 0 Å². The molecule has 2 heteroatoms. The molecule has 0 fully saturated rings. The molecule has 2 rings (SSSR count). The zero-order valence-corrected chi connectivity index (χ0v) is 8.68. The molecule has 0 bridgehead atoms. The van der Waals surface area contributed by atoms with Crippen molar-refractivity contribution < 1.29 is 4.74 Å². The number of ether oxygens (including phenoxy) is 1. The highest BCUT2D eigenvalue weighted by Gasteiger charge is 2.03. The third-order valence-corrected chi connectivity index (χ3v) is 2.29. The summed E-state index contributed by atoms with van der Waals surface area (Å²) in [6, 6.07) is 12.2. The third kappa shape index (κ3) is 2.22. The quantitative estimate of drug-likeness (QED) is 0.758. The third-order valence-electron chi connectivity index (χ3n) is 2.29. The number of rotatable bonds is 3. The van der Waals surface area contributed by atoms with E-state index < -0.39 is 0 Å². The van der Waals surface area contributed by atoms with Crippen LogP contribution in [0.5, 0.6) is 0 Å². The van der Waals surface area contributed by atoms with Crippen molar-refractivity contribution in [3.63, 3.8) is 0 Å². The van der Waals surface area contributed by atoms with Crippen LogP contribution in [0.15, 0.2) is 48.8 Å². The summed E-state index contributed by atoms with van der Waals surface area (Å²) in [6.45, 7) is 0.630. The minimum atomic E-state index is 0.630. The maximum Gasteiger partial charge on any atom is 0.0719 e.